The van der Waals surface area contributed by atoms with E-state index in [1.165, 1.54) is 10.8 Å². The van der Waals surface area contributed by atoms with E-state index in [2.05, 4.69) is 56.3 Å². The Hall–Kier alpha value is -1.77. The molecule has 0 aliphatic rings. The lowest BCUT2D eigenvalue weighted by molar-refractivity contribution is 0.936. The predicted octanol–water partition coefficient (Wildman–Crippen LogP) is 4.93. The summed E-state index contributed by atoms with van der Waals surface area (Å²) in [6, 6.07) is 14.3. The van der Waals surface area contributed by atoms with Crippen LogP contribution in [0.1, 0.15) is 5.56 Å². The number of hydrogen-bond acceptors (Lipinski definition) is 1. The van der Waals surface area contributed by atoms with E-state index >= 15 is 0 Å². The first kappa shape index (κ1) is 12.7. The van der Waals surface area contributed by atoms with Gasteiger partial charge in [-0.05, 0) is 27.9 Å². The van der Waals surface area contributed by atoms with Crippen LogP contribution in [0.15, 0.2) is 53.7 Å². The van der Waals surface area contributed by atoms with Gasteiger partial charge < -0.3 is 0 Å². The van der Waals surface area contributed by atoms with Crippen LogP contribution >= 0.6 is 15.9 Å². The Morgan fingerprint density at radius 2 is 2.00 bits per heavy atom. The van der Waals surface area contributed by atoms with Gasteiger partial charge in [-0.2, -0.15) is 0 Å². The standard InChI is InChI=1S/C14H12BrN3/c15-10-14(17-18-16)8-6-11-5-7-12-3-1-2-4-13(12)9-11/h1-9,14H,10H2. The molecule has 0 spiro atoms. The van der Waals surface area contributed by atoms with Crippen molar-refractivity contribution in [3.63, 3.8) is 0 Å². The first-order valence-electron chi connectivity index (χ1n) is 5.60. The van der Waals surface area contributed by atoms with Crippen molar-refractivity contribution >= 4 is 32.8 Å². The Morgan fingerprint density at radius 1 is 1.22 bits per heavy atom. The lowest BCUT2D eigenvalue weighted by Gasteiger charge is -2.01. The van der Waals surface area contributed by atoms with E-state index in [1.807, 2.05) is 24.3 Å². The van der Waals surface area contributed by atoms with Crippen LogP contribution in [0.2, 0.25) is 0 Å². The van der Waals surface area contributed by atoms with Gasteiger partial charge in [0.05, 0.1) is 6.04 Å². The van der Waals surface area contributed by atoms with Crippen molar-refractivity contribution in [1.29, 1.82) is 0 Å². The highest BCUT2D eigenvalue weighted by molar-refractivity contribution is 9.09. The molecule has 0 saturated carbocycles. The molecule has 2 aromatic carbocycles. The van der Waals surface area contributed by atoms with E-state index in [1.54, 1.807) is 0 Å². The SMILES string of the molecule is [N-]=[N+]=NC(C=Cc1ccc2ccccc2c1)CBr. The molecule has 0 fully saturated rings. The summed E-state index contributed by atoms with van der Waals surface area (Å²) in [6.45, 7) is 0. The molecule has 0 saturated heterocycles. The molecule has 2 rings (SSSR count). The summed E-state index contributed by atoms with van der Waals surface area (Å²) >= 11 is 3.31. The molecule has 0 N–H and O–H groups in total. The Kier molecular flexibility index (Phi) is 4.40. The number of azide groups is 1. The second-order valence-electron chi connectivity index (χ2n) is 3.89. The maximum atomic E-state index is 8.41. The smallest absolute Gasteiger partial charge is 0.0655 e. The van der Waals surface area contributed by atoms with Crippen LogP contribution in [0.5, 0.6) is 0 Å². The summed E-state index contributed by atoms with van der Waals surface area (Å²) in [7, 11) is 0. The Morgan fingerprint density at radius 3 is 2.72 bits per heavy atom. The van der Waals surface area contributed by atoms with E-state index in [-0.39, 0.29) is 6.04 Å². The fourth-order valence-corrected chi connectivity index (χ4v) is 2.07. The summed E-state index contributed by atoms with van der Waals surface area (Å²) in [5, 5.41) is 6.72. The summed E-state index contributed by atoms with van der Waals surface area (Å²) in [4.78, 5) is 2.81. The van der Waals surface area contributed by atoms with Gasteiger partial charge in [0.25, 0.3) is 0 Å². The molecule has 2 aromatic rings. The van der Waals surface area contributed by atoms with Gasteiger partial charge in [0.15, 0.2) is 0 Å². The van der Waals surface area contributed by atoms with Crippen LogP contribution in [0.25, 0.3) is 27.3 Å². The second kappa shape index (κ2) is 6.24. The zero-order chi connectivity index (χ0) is 12.8. The molecule has 0 aliphatic heterocycles. The quantitative estimate of drug-likeness (QED) is 0.333. The van der Waals surface area contributed by atoms with Gasteiger partial charge in [-0.3, -0.25) is 0 Å². The van der Waals surface area contributed by atoms with Gasteiger partial charge in [0, 0.05) is 10.2 Å². The molecule has 0 aliphatic carbocycles. The van der Waals surface area contributed by atoms with E-state index < -0.39 is 0 Å². The average Bonchev–Trinajstić information content (AvgIpc) is 2.43. The van der Waals surface area contributed by atoms with E-state index in [0.717, 1.165) is 5.56 Å². The van der Waals surface area contributed by atoms with Crippen LogP contribution in [0, 0.1) is 0 Å². The zero-order valence-electron chi connectivity index (χ0n) is 9.70. The maximum Gasteiger partial charge on any atom is 0.0655 e. The monoisotopic (exact) mass is 301 g/mol. The fraction of sp³-hybridized carbons (Fsp3) is 0.143. The highest BCUT2D eigenvalue weighted by atomic mass is 79.9. The van der Waals surface area contributed by atoms with Crippen molar-refractivity contribution in [3.05, 3.63) is 64.5 Å². The summed E-state index contributed by atoms with van der Waals surface area (Å²) < 4.78 is 0. The van der Waals surface area contributed by atoms with Gasteiger partial charge in [-0.1, -0.05) is 69.6 Å². The first-order chi connectivity index (χ1) is 8.83. The molecule has 0 aromatic heterocycles. The molecule has 0 bridgehead atoms. The molecule has 1 atom stereocenters. The first-order valence-corrected chi connectivity index (χ1v) is 6.73. The van der Waals surface area contributed by atoms with E-state index in [9.17, 15) is 0 Å². The minimum Gasteiger partial charge on any atom is -0.0920 e. The molecule has 90 valence electrons. The third kappa shape index (κ3) is 3.13. The molecule has 0 amide bonds. The molecule has 3 nitrogen and oxygen atoms in total. The van der Waals surface area contributed by atoms with Crippen molar-refractivity contribution < 1.29 is 0 Å². The highest BCUT2D eigenvalue weighted by Crippen LogP contribution is 2.17. The topological polar surface area (TPSA) is 48.8 Å². The van der Waals surface area contributed by atoms with Gasteiger partial charge in [0.2, 0.25) is 0 Å². The van der Waals surface area contributed by atoms with Gasteiger partial charge in [-0.25, -0.2) is 0 Å². The molecule has 0 heterocycles. The lowest BCUT2D eigenvalue weighted by atomic mass is 10.1. The van der Waals surface area contributed by atoms with Gasteiger partial charge in [0.1, 0.15) is 0 Å². The highest BCUT2D eigenvalue weighted by Gasteiger charge is 1.98. The van der Waals surface area contributed by atoms with E-state index in [0.29, 0.717) is 5.33 Å². The molecule has 0 radical (unpaired) electrons. The van der Waals surface area contributed by atoms with Crippen LogP contribution in [0.4, 0.5) is 0 Å². The molecular formula is C14H12BrN3. The number of hydrogen-bond donors (Lipinski definition) is 0. The minimum absolute atomic E-state index is 0.151. The summed E-state index contributed by atoms with van der Waals surface area (Å²) in [5.41, 5.74) is 9.51. The Labute approximate surface area is 114 Å². The number of fused-ring (bicyclic) bond motifs is 1. The zero-order valence-corrected chi connectivity index (χ0v) is 11.3. The molecule has 18 heavy (non-hydrogen) atoms. The third-order valence-electron chi connectivity index (χ3n) is 2.64. The van der Waals surface area contributed by atoms with Crippen LogP contribution in [0.3, 0.4) is 0 Å². The number of benzene rings is 2. The van der Waals surface area contributed by atoms with Crippen LogP contribution in [-0.2, 0) is 0 Å². The van der Waals surface area contributed by atoms with Crippen LogP contribution in [-0.4, -0.2) is 11.4 Å². The molecule has 4 heteroatoms. The second-order valence-corrected chi connectivity index (χ2v) is 4.54. The fourth-order valence-electron chi connectivity index (χ4n) is 1.72. The minimum atomic E-state index is -0.151. The van der Waals surface area contributed by atoms with Crippen molar-refractivity contribution in [2.24, 2.45) is 5.11 Å². The van der Waals surface area contributed by atoms with Crippen molar-refractivity contribution in [2.45, 2.75) is 6.04 Å². The Balaban J connectivity index is 2.26. The maximum absolute atomic E-state index is 8.41. The summed E-state index contributed by atoms with van der Waals surface area (Å²) in [6.07, 6.45) is 3.88. The number of halogens is 1. The third-order valence-corrected chi connectivity index (χ3v) is 3.31. The van der Waals surface area contributed by atoms with Crippen molar-refractivity contribution in [3.8, 4) is 0 Å². The van der Waals surface area contributed by atoms with Gasteiger partial charge in [-0.15, -0.1) is 0 Å². The number of rotatable bonds is 4. The van der Waals surface area contributed by atoms with Crippen molar-refractivity contribution in [2.75, 3.05) is 5.33 Å². The number of alkyl halides is 1. The lowest BCUT2D eigenvalue weighted by Crippen LogP contribution is -1.98. The summed E-state index contributed by atoms with van der Waals surface area (Å²) in [5.74, 6) is 0. The number of nitrogens with zero attached hydrogens (tertiary/aromatic N) is 3. The molecular weight excluding hydrogens is 290 g/mol. The van der Waals surface area contributed by atoms with Gasteiger partial charge >= 0.3 is 0 Å². The largest absolute Gasteiger partial charge is 0.0920 e. The van der Waals surface area contributed by atoms with Crippen molar-refractivity contribution in [1.82, 2.24) is 0 Å². The predicted molar refractivity (Wildman–Crippen MR) is 79.7 cm³/mol. The van der Waals surface area contributed by atoms with Crippen LogP contribution < -0.4 is 0 Å². The average molecular weight is 302 g/mol. The normalized spacial score (nSPS) is 12.5. The Bertz CT molecular complexity index is 615. The molecule has 1 unspecified atom stereocenters. The van der Waals surface area contributed by atoms with E-state index in [4.69, 9.17) is 5.53 Å².